The summed E-state index contributed by atoms with van der Waals surface area (Å²) in [6.45, 7) is 2.93. The second kappa shape index (κ2) is 5.93. The van der Waals surface area contributed by atoms with Gasteiger partial charge in [0, 0.05) is 24.5 Å². The summed E-state index contributed by atoms with van der Waals surface area (Å²) in [5.74, 6) is 0.163. The van der Waals surface area contributed by atoms with Gasteiger partial charge in [0.05, 0.1) is 19.1 Å². The standard InChI is InChI=1S/C14H19N3O2S/c18-13-9-16(7-5-15-13)10-14(19)17-6-1-3-11(17)12-4-2-8-20-12/h2,4,8,11H,1,3,5-7,9-10H2,(H,15,18). The van der Waals surface area contributed by atoms with Crippen LogP contribution in [0.5, 0.6) is 0 Å². The van der Waals surface area contributed by atoms with Crippen LogP contribution in [-0.2, 0) is 9.59 Å². The van der Waals surface area contributed by atoms with Crippen LogP contribution in [0.25, 0.3) is 0 Å². The molecule has 0 aromatic carbocycles. The Labute approximate surface area is 122 Å². The number of hydrogen-bond donors (Lipinski definition) is 1. The van der Waals surface area contributed by atoms with Gasteiger partial charge < -0.3 is 10.2 Å². The van der Waals surface area contributed by atoms with Gasteiger partial charge in [-0.15, -0.1) is 11.3 Å². The van der Waals surface area contributed by atoms with Crippen LogP contribution < -0.4 is 5.32 Å². The minimum Gasteiger partial charge on any atom is -0.354 e. The molecule has 108 valence electrons. The maximum absolute atomic E-state index is 12.5. The first kappa shape index (κ1) is 13.6. The monoisotopic (exact) mass is 293 g/mol. The zero-order valence-corrected chi connectivity index (χ0v) is 12.2. The van der Waals surface area contributed by atoms with Crippen molar-refractivity contribution in [3.8, 4) is 0 Å². The van der Waals surface area contributed by atoms with Gasteiger partial charge in [-0.1, -0.05) is 6.07 Å². The Bertz CT molecular complexity index is 489. The fourth-order valence-corrected chi connectivity index (χ4v) is 3.82. The van der Waals surface area contributed by atoms with E-state index in [1.807, 2.05) is 15.9 Å². The Balaban J connectivity index is 1.62. The molecule has 1 aromatic rings. The van der Waals surface area contributed by atoms with Crippen molar-refractivity contribution in [1.29, 1.82) is 0 Å². The molecule has 0 saturated carbocycles. The van der Waals surface area contributed by atoms with E-state index in [9.17, 15) is 9.59 Å². The van der Waals surface area contributed by atoms with Crippen LogP contribution in [0.2, 0.25) is 0 Å². The zero-order valence-electron chi connectivity index (χ0n) is 11.4. The highest BCUT2D eigenvalue weighted by atomic mass is 32.1. The molecule has 3 heterocycles. The summed E-state index contributed by atoms with van der Waals surface area (Å²) in [6, 6.07) is 4.38. The highest BCUT2D eigenvalue weighted by Crippen LogP contribution is 2.34. The van der Waals surface area contributed by atoms with Crippen molar-refractivity contribution in [3.05, 3.63) is 22.4 Å². The maximum atomic E-state index is 12.5. The third-order valence-corrected chi connectivity index (χ3v) is 4.89. The molecular formula is C14H19N3O2S. The van der Waals surface area contributed by atoms with E-state index in [0.29, 0.717) is 19.6 Å². The highest BCUT2D eigenvalue weighted by Gasteiger charge is 2.31. The van der Waals surface area contributed by atoms with Gasteiger partial charge in [0.1, 0.15) is 0 Å². The van der Waals surface area contributed by atoms with E-state index in [4.69, 9.17) is 0 Å². The van der Waals surface area contributed by atoms with Gasteiger partial charge in [0.15, 0.2) is 0 Å². The van der Waals surface area contributed by atoms with Crippen molar-refractivity contribution in [2.75, 3.05) is 32.7 Å². The third kappa shape index (κ3) is 2.86. The van der Waals surface area contributed by atoms with Crippen LogP contribution in [-0.4, -0.2) is 54.3 Å². The molecule has 2 aliphatic rings. The van der Waals surface area contributed by atoms with Crippen LogP contribution in [0.1, 0.15) is 23.8 Å². The van der Waals surface area contributed by atoms with E-state index in [1.165, 1.54) is 4.88 Å². The fourth-order valence-electron chi connectivity index (χ4n) is 2.95. The Morgan fingerprint density at radius 2 is 2.35 bits per heavy atom. The van der Waals surface area contributed by atoms with Crippen LogP contribution in [0, 0.1) is 0 Å². The number of piperazine rings is 1. The molecule has 2 saturated heterocycles. The van der Waals surface area contributed by atoms with Gasteiger partial charge in [-0.25, -0.2) is 0 Å². The summed E-state index contributed by atoms with van der Waals surface area (Å²) in [7, 11) is 0. The van der Waals surface area contributed by atoms with E-state index in [1.54, 1.807) is 11.3 Å². The Hall–Kier alpha value is -1.40. The Kier molecular flexibility index (Phi) is 4.03. The number of amides is 2. The molecule has 2 aliphatic heterocycles. The number of carbonyl (C=O) groups is 2. The lowest BCUT2D eigenvalue weighted by atomic mass is 10.2. The van der Waals surface area contributed by atoms with E-state index in [-0.39, 0.29) is 17.9 Å². The van der Waals surface area contributed by atoms with E-state index in [2.05, 4.69) is 16.8 Å². The number of hydrogen-bond acceptors (Lipinski definition) is 4. The average Bonchev–Trinajstić information content (AvgIpc) is 3.09. The molecule has 0 spiro atoms. The van der Waals surface area contributed by atoms with Crippen molar-refractivity contribution in [3.63, 3.8) is 0 Å². The zero-order chi connectivity index (χ0) is 13.9. The first-order valence-electron chi connectivity index (χ1n) is 7.06. The maximum Gasteiger partial charge on any atom is 0.237 e. The van der Waals surface area contributed by atoms with Crippen molar-refractivity contribution >= 4 is 23.2 Å². The lowest BCUT2D eigenvalue weighted by molar-refractivity contribution is -0.134. The molecule has 0 radical (unpaired) electrons. The number of nitrogens with zero attached hydrogens (tertiary/aromatic N) is 2. The molecule has 1 aromatic heterocycles. The first-order chi connectivity index (χ1) is 9.74. The summed E-state index contributed by atoms with van der Waals surface area (Å²) in [4.78, 5) is 29.0. The van der Waals surface area contributed by atoms with Gasteiger partial charge >= 0.3 is 0 Å². The number of likely N-dealkylation sites (tertiary alicyclic amines) is 1. The van der Waals surface area contributed by atoms with Gasteiger partial charge in [-0.3, -0.25) is 14.5 Å². The number of carbonyl (C=O) groups excluding carboxylic acids is 2. The number of rotatable bonds is 3. The number of nitrogens with one attached hydrogen (secondary N) is 1. The molecule has 1 atom stereocenters. The minimum absolute atomic E-state index is 0.0141. The van der Waals surface area contributed by atoms with E-state index >= 15 is 0 Å². The fraction of sp³-hybridized carbons (Fsp3) is 0.571. The topological polar surface area (TPSA) is 52.7 Å². The first-order valence-corrected chi connectivity index (χ1v) is 7.94. The van der Waals surface area contributed by atoms with Crippen LogP contribution in [0.3, 0.4) is 0 Å². The van der Waals surface area contributed by atoms with Crippen LogP contribution >= 0.6 is 11.3 Å². The van der Waals surface area contributed by atoms with E-state index < -0.39 is 0 Å². The quantitative estimate of drug-likeness (QED) is 0.898. The van der Waals surface area contributed by atoms with Crippen molar-refractivity contribution in [2.45, 2.75) is 18.9 Å². The minimum atomic E-state index is 0.0141. The van der Waals surface area contributed by atoms with Crippen LogP contribution in [0.15, 0.2) is 17.5 Å². The van der Waals surface area contributed by atoms with Gasteiger partial charge in [-0.05, 0) is 24.3 Å². The molecule has 2 fully saturated rings. The molecule has 0 aliphatic carbocycles. The molecule has 6 heteroatoms. The molecular weight excluding hydrogens is 274 g/mol. The Morgan fingerprint density at radius 1 is 1.45 bits per heavy atom. The average molecular weight is 293 g/mol. The second-order valence-electron chi connectivity index (χ2n) is 5.32. The van der Waals surface area contributed by atoms with Gasteiger partial charge in [-0.2, -0.15) is 0 Å². The van der Waals surface area contributed by atoms with Crippen molar-refractivity contribution in [2.24, 2.45) is 0 Å². The van der Waals surface area contributed by atoms with Crippen molar-refractivity contribution in [1.82, 2.24) is 15.1 Å². The van der Waals surface area contributed by atoms with E-state index in [0.717, 1.165) is 25.9 Å². The smallest absolute Gasteiger partial charge is 0.237 e. The summed E-state index contributed by atoms with van der Waals surface area (Å²) >= 11 is 1.72. The lowest BCUT2D eigenvalue weighted by Crippen LogP contribution is -2.51. The second-order valence-corrected chi connectivity index (χ2v) is 6.30. The molecule has 2 amide bonds. The predicted octanol–water partition coefficient (Wildman–Crippen LogP) is 0.843. The summed E-state index contributed by atoms with van der Waals surface area (Å²) in [6.07, 6.45) is 2.11. The molecule has 1 N–H and O–H groups in total. The largest absolute Gasteiger partial charge is 0.354 e. The molecule has 5 nitrogen and oxygen atoms in total. The summed E-state index contributed by atoms with van der Waals surface area (Å²) in [5.41, 5.74) is 0. The van der Waals surface area contributed by atoms with Gasteiger partial charge in [0.2, 0.25) is 11.8 Å². The Morgan fingerprint density at radius 3 is 3.10 bits per heavy atom. The predicted molar refractivity (Wildman–Crippen MR) is 77.5 cm³/mol. The van der Waals surface area contributed by atoms with Crippen molar-refractivity contribution < 1.29 is 9.59 Å². The third-order valence-electron chi connectivity index (χ3n) is 3.92. The van der Waals surface area contributed by atoms with Crippen LogP contribution in [0.4, 0.5) is 0 Å². The molecule has 20 heavy (non-hydrogen) atoms. The van der Waals surface area contributed by atoms with Gasteiger partial charge in [0.25, 0.3) is 0 Å². The SMILES string of the molecule is O=C1CN(CC(=O)N2CCCC2c2cccs2)CCN1. The summed E-state index contributed by atoms with van der Waals surface area (Å²) in [5, 5.41) is 4.84. The molecule has 3 rings (SSSR count). The molecule has 1 unspecified atom stereocenters. The summed E-state index contributed by atoms with van der Waals surface area (Å²) < 4.78 is 0. The lowest BCUT2D eigenvalue weighted by Gasteiger charge is -2.30. The number of thiophene rings is 1. The molecule has 0 bridgehead atoms. The normalized spacial score (nSPS) is 23.9. The highest BCUT2D eigenvalue weighted by molar-refractivity contribution is 7.10.